The fourth-order valence-corrected chi connectivity index (χ4v) is 1.33. The minimum absolute atomic E-state index is 0.0136. The lowest BCUT2D eigenvalue weighted by Crippen LogP contribution is -1.83. The van der Waals surface area contributed by atoms with Crippen molar-refractivity contribution in [3.05, 3.63) is 54.1 Å². The molecule has 0 aliphatic carbocycles. The van der Waals surface area contributed by atoms with Gasteiger partial charge in [0.15, 0.2) is 0 Å². The largest absolute Gasteiger partial charge is 0.507 e. The van der Waals surface area contributed by atoms with Gasteiger partial charge in [-0.15, -0.1) is 0 Å². The highest BCUT2D eigenvalue weighted by molar-refractivity contribution is 5.88. The normalized spacial score (nSPS) is 10.8. The zero-order chi connectivity index (χ0) is 11.4. The lowest BCUT2D eigenvalue weighted by Gasteiger charge is -2.00. The second-order valence-electron chi connectivity index (χ2n) is 3.30. The van der Waals surface area contributed by atoms with Crippen molar-refractivity contribution < 1.29 is 10.2 Å². The van der Waals surface area contributed by atoms with Gasteiger partial charge in [0, 0.05) is 6.21 Å². The van der Waals surface area contributed by atoms with Gasteiger partial charge in [-0.3, -0.25) is 4.99 Å². The van der Waals surface area contributed by atoms with E-state index in [4.69, 9.17) is 0 Å². The number of nitrogens with zero attached hydrogens (tertiary/aromatic N) is 1. The molecule has 0 saturated heterocycles. The van der Waals surface area contributed by atoms with Crippen LogP contribution in [0.15, 0.2) is 53.5 Å². The van der Waals surface area contributed by atoms with Gasteiger partial charge in [-0.05, 0) is 24.3 Å². The molecule has 0 bridgehead atoms. The molecule has 3 nitrogen and oxygen atoms in total. The van der Waals surface area contributed by atoms with Crippen molar-refractivity contribution >= 4 is 11.9 Å². The van der Waals surface area contributed by atoms with Crippen molar-refractivity contribution in [1.82, 2.24) is 0 Å². The van der Waals surface area contributed by atoms with E-state index in [1.54, 1.807) is 6.07 Å². The highest BCUT2D eigenvalue weighted by atomic mass is 16.3. The topological polar surface area (TPSA) is 52.8 Å². The van der Waals surface area contributed by atoms with Crippen molar-refractivity contribution in [2.75, 3.05) is 0 Å². The summed E-state index contributed by atoms with van der Waals surface area (Å²) in [6.45, 7) is 0. The van der Waals surface area contributed by atoms with E-state index in [-0.39, 0.29) is 11.5 Å². The van der Waals surface area contributed by atoms with Gasteiger partial charge in [0.2, 0.25) is 0 Å². The Kier molecular flexibility index (Phi) is 2.87. The van der Waals surface area contributed by atoms with Crippen molar-refractivity contribution in [2.24, 2.45) is 4.99 Å². The SMILES string of the molecule is Oc1cccc(O)c1/C=N/c1ccccc1. The molecule has 0 fully saturated rings. The maximum atomic E-state index is 9.52. The monoisotopic (exact) mass is 213 g/mol. The predicted molar refractivity (Wildman–Crippen MR) is 63.5 cm³/mol. The van der Waals surface area contributed by atoms with Crippen molar-refractivity contribution in [3.8, 4) is 11.5 Å². The van der Waals surface area contributed by atoms with Crippen LogP contribution in [0.5, 0.6) is 11.5 Å². The van der Waals surface area contributed by atoms with Crippen LogP contribution in [-0.4, -0.2) is 16.4 Å². The van der Waals surface area contributed by atoms with Gasteiger partial charge < -0.3 is 10.2 Å². The third-order valence-corrected chi connectivity index (χ3v) is 2.16. The van der Waals surface area contributed by atoms with E-state index >= 15 is 0 Å². The zero-order valence-corrected chi connectivity index (χ0v) is 8.54. The third-order valence-electron chi connectivity index (χ3n) is 2.16. The summed E-state index contributed by atoms with van der Waals surface area (Å²) in [5.41, 5.74) is 1.09. The molecule has 0 radical (unpaired) electrons. The Bertz CT molecular complexity index is 486. The minimum Gasteiger partial charge on any atom is -0.507 e. The average molecular weight is 213 g/mol. The van der Waals surface area contributed by atoms with Crippen LogP contribution in [0.2, 0.25) is 0 Å². The second-order valence-corrected chi connectivity index (χ2v) is 3.30. The molecule has 0 aliphatic rings. The molecule has 0 saturated carbocycles. The van der Waals surface area contributed by atoms with Gasteiger partial charge >= 0.3 is 0 Å². The second kappa shape index (κ2) is 4.49. The van der Waals surface area contributed by atoms with Crippen LogP contribution < -0.4 is 0 Å². The van der Waals surface area contributed by atoms with Gasteiger partial charge in [-0.2, -0.15) is 0 Å². The van der Waals surface area contributed by atoms with Crippen molar-refractivity contribution in [2.45, 2.75) is 0 Å². The lowest BCUT2D eigenvalue weighted by atomic mass is 10.2. The van der Waals surface area contributed by atoms with Gasteiger partial charge in [0.1, 0.15) is 11.5 Å². The number of phenolic OH excluding ortho intramolecular Hbond substituents is 2. The summed E-state index contributed by atoms with van der Waals surface area (Å²) in [7, 11) is 0. The summed E-state index contributed by atoms with van der Waals surface area (Å²) < 4.78 is 0. The third kappa shape index (κ3) is 2.20. The van der Waals surface area contributed by atoms with E-state index in [1.165, 1.54) is 18.3 Å². The first-order valence-electron chi connectivity index (χ1n) is 4.87. The number of rotatable bonds is 2. The minimum atomic E-state index is 0.0136. The highest BCUT2D eigenvalue weighted by Gasteiger charge is 2.02. The predicted octanol–water partition coefficient (Wildman–Crippen LogP) is 2.85. The van der Waals surface area contributed by atoms with Gasteiger partial charge in [-0.25, -0.2) is 0 Å². The van der Waals surface area contributed by atoms with Crippen molar-refractivity contribution in [1.29, 1.82) is 0 Å². The quantitative estimate of drug-likeness (QED) is 0.753. The number of hydrogen-bond acceptors (Lipinski definition) is 3. The smallest absolute Gasteiger partial charge is 0.128 e. The maximum absolute atomic E-state index is 9.52. The number of aromatic hydroxyl groups is 2. The van der Waals surface area contributed by atoms with Crippen LogP contribution in [0.1, 0.15) is 5.56 Å². The molecule has 16 heavy (non-hydrogen) atoms. The fraction of sp³-hybridized carbons (Fsp3) is 0. The lowest BCUT2D eigenvalue weighted by molar-refractivity contribution is 0.449. The van der Waals surface area contributed by atoms with E-state index in [1.807, 2.05) is 30.3 Å². The molecule has 2 aromatic rings. The van der Waals surface area contributed by atoms with Crippen LogP contribution in [0.4, 0.5) is 5.69 Å². The molecule has 0 aromatic heterocycles. The molecule has 0 heterocycles. The van der Waals surface area contributed by atoms with E-state index in [9.17, 15) is 10.2 Å². The Morgan fingerprint density at radius 1 is 0.812 bits per heavy atom. The Balaban J connectivity index is 2.31. The van der Waals surface area contributed by atoms with Crippen LogP contribution in [0.3, 0.4) is 0 Å². The molecule has 0 spiro atoms. The summed E-state index contributed by atoms with van der Waals surface area (Å²) >= 11 is 0. The molecular weight excluding hydrogens is 202 g/mol. The van der Waals surface area contributed by atoms with E-state index < -0.39 is 0 Å². The molecule has 2 aromatic carbocycles. The number of aliphatic imine (C=N–C) groups is 1. The zero-order valence-electron chi connectivity index (χ0n) is 8.54. The molecule has 0 aliphatic heterocycles. The summed E-state index contributed by atoms with van der Waals surface area (Å²) in [4.78, 5) is 4.15. The van der Waals surface area contributed by atoms with Gasteiger partial charge in [0.25, 0.3) is 0 Å². The first-order valence-corrected chi connectivity index (χ1v) is 4.87. The summed E-state index contributed by atoms with van der Waals surface area (Å²) in [5.74, 6) is 0.0272. The molecule has 2 rings (SSSR count). The molecule has 80 valence electrons. The van der Waals surface area contributed by atoms with Crippen LogP contribution in [0, 0.1) is 0 Å². The molecule has 3 heteroatoms. The standard InChI is InChI=1S/C13H11NO2/c15-12-7-4-8-13(16)11(12)9-14-10-5-2-1-3-6-10/h1-9,15-16H/b14-9+. The first kappa shape index (κ1) is 10.2. The van der Waals surface area contributed by atoms with E-state index in [2.05, 4.69) is 4.99 Å². The number of benzene rings is 2. The van der Waals surface area contributed by atoms with Crippen LogP contribution >= 0.6 is 0 Å². The van der Waals surface area contributed by atoms with Crippen LogP contribution in [0.25, 0.3) is 0 Å². The summed E-state index contributed by atoms with van der Waals surface area (Å²) in [5, 5.41) is 19.0. The van der Waals surface area contributed by atoms with Gasteiger partial charge in [0.05, 0.1) is 11.3 Å². The molecule has 2 N–H and O–H groups in total. The molecule has 0 unspecified atom stereocenters. The number of hydrogen-bond donors (Lipinski definition) is 2. The first-order chi connectivity index (χ1) is 7.77. The Morgan fingerprint density at radius 2 is 1.44 bits per heavy atom. The Morgan fingerprint density at radius 3 is 2.06 bits per heavy atom. The molecule has 0 amide bonds. The summed E-state index contributed by atoms with van der Waals surface area (Å²) in [6, 6.07) is 13.9. The fourth-order valence-electron chi connectivity index (χ4n) is 1.33. The Labute approximate surface area is 93.3 Å². The van der Waals surface area contributed by atoms with Crippen molar-refractivity contribution in [3.63, 3.8) is 0 Å². The average Bonchev–Trinajstić information content (AvgIpc) is 2.30. The van der Waals surface area contributed by atoms with Gasteiger partial charge in [-0.1, -0.05) is 24.3 Å². The molecular formula is C13H11NO2. The summed E-state index contributed by atoms with van der Waals surface area (Å²) in [6.07, 6.45) is 1.44. The maximum Gasteiger partial charge on any atom is 0.128 e. The number of para-hydroxylation sites is 1. The highest BCUT2D eigenvalue weighted by Crippen LogP contribution is 2.24. The van der Waals surface area contributed by atoms with Crippen LogP contribution in [-0.2, 0) is 0 Å². The van der Waals surface area contributed by atoms with E-state index in [0.717, 1.165) is 5.69 Å². The number of phenols is 2. The van der Waals surface area contributed by atoms with E-state index in [0.29, 0.717) is 5.56 Å². The molecule has 0 atom stereocenters. The Hall–Kier alpha value is -2.29.